The van der Waals surface area contributed by atoms with Crippen LogP contribution >= 0.6 is 0 Å². The predicted octanol–water partition coefficient (Wildman–Crippen LogP) is 3.13. The second-order valence-electron chi connectivity index (χ2n) is 4.52. The van der Waals surface area contributed by atoms with Crippen LogP contribution in [-0.4, -0.2) is 16.9 Å². The molecule has 3 N–H and O–H groups in total. The van der Waals surface area contributed by atoms with Crippen molar-refractivity contribution >= 4 is 0 Å². The molecular weight excluding hydrogens is 212 g/mol. The molecule has 0 radical (unpaired) electrons. The van der Waals surface area contributed by atoms with E-state index in [-0.39, 0.29) is 0 Å². The summed E-state index contributed by atoms with van der Waals surface area (Å²) in [5.41, 5.74) is 1.44. The Hall–Kier alpha value is -0.900. The number of benzene rings is 1. The smallest absolute Gasteiger partial charge is 0.0396 e. The molecule has 1 aromatic rings. The van der Waals surface area contributed by atoms with Crippen molar-refractivity contribution in [3.8, 4) is 0 Å². The minimum absolute atomic E-state index is 0.573. The highest BCUT2D eigenvalue weighted by atomic mass is 16.5. The molecule has 0 amide bonds. The molecule has 17 heavy (non-hydrogen) atoms. The van der Waals surface area contributed by atoms with Crippen molar-refractivity contribution in [3.05, 3.63) is 35.9 Å². The topological polar surface area (TPSA) is 49.5 Å². The van der Waals surface area contributed by atoms with Gasteiger partial charge in [0, 0.05) is 6.54 Å². The zero-order valence-electron chi connectivity index (χ0n) is 10.5. The first-order valence-corrected chi connectivity index (χ1v) is 6.54. The van der Waals surface area contributed by atoms with E-state index in [4.69, 9.17) is 11.0 Å². The van der Waals surface area contributed by atoms with Crippen LogP contribution in [0, 0.1) is 0 Å². The molecule has 0 fully saturated rings. The Kier molecular flexibility index (Phi) is 7.63. The lowest BCUT2D eigenvalue weighted by Gasteiger charge is -2.06. The summed E-state index contributed by atoms with van der Waals surface area (Å²) >= 11 is 0. The van der Waals surface area contributed by atoms with Crippen LogP contribution in [0.25, 0.3) is 0 Å². The molecule has 0 aliphatic carbocycles. The van der Waals surface area contributed by atoms with Crippen LogP contribution in [-0.2, 0) is 6.42 Å². The van der Waals surface area contributed by atoms with E-state index in [1.165, 1.54) is 37.7 Å². The Morgan fingerprint density at radius 2 is 1.47 bits per heavy atom. The van der Waals surface area contributed by atoms with E-state index in [0.717, 1.165) is 18.0 Å². The van der Waals surface area contributed by atoms with Crippen LogP contribution in [0.1, 0.15) is 44.1 Å². The number of unbranched alkanes of at least 4 members (excludes halogenated alkanes) is 5. The number of hydrogen-bond donors (Lipinski definition) is 2. The van der Waals surface area contributed by atoms with Crippen molar-refractivity contribution < 1.29 is 5.21 Å². The van der Waals surface area contributed by atoms with Gasteiger partial charge in [-0.15, -0.1) is 5.17 Å². The largest absolute Gasteiger partial charge is 0.299 e. The maximum absolute atomic E-state index is 8.73. The third kappa shape index (κ3) is 7.91. The summed E-state index contributed by atoms with van der Waals surface area (Å²) in [6.07, 6.45) is 8.40. The van der Waals surface area contributed by atoms with Crippen molar-refractivity contribution in [3.63, 3.8) is 0 Å². The van der Waals surface area contributed by atoms with Gasteiger partial charge >= 0.3 is 0 Å². The van der Waals surface area contributed by atoms with Crippen LogP contribution in [0.15, 0.2) is 30.3 Å². The molecule has 3 heteroatoms. The van der Waals surface area contributed by atoms with Crippen LogP contribution < -0.4 is 5.84 Å². The quantitative estimate of drug-likeness (QED) is 0.393. The number of hydroxylamine groups is 1. The lowest BCUT2D eigenvalue weighted by molar-refractivity contribution is -0.0939. The van der Waals surface area contributed by atoms with E-state index in [1.54, 1.807) is 0 Å². The summed E-state index contributed by atoms with van der Waals surface area (Å²) in [5, 5.41) is 9.50. The molecule has 0 aliphatic rings. The van der Waals surface area contributed by atoms with Crippen molar-refractivity contribution in [1.29, 1.82) is 0 Å². The van der Waals surface area contributed by atoms with Crippen molar-refractivity contribution in [1.82, 2.24) is 5.17 Å². The maximum Gasteiger partial charge on any atom is 0.0396 e. The maximum atomic E-state index is 8.73. The van der Waals surface area contributed by atoms with Crippen LogP contribution in [0.2, 0.25) is 0 Å². The van der Waals surface area contributed by atoms with Gasteiger partial charge < -0.3 is 0 Å². The molecule has 1 aromatic carbocycles. The van der Waals surface area contributed by atoms with E-state index in [2.05, 4.69) is 30.3 Å². The molecular formula is C14H24N2O. The number of hydrazine groups is 1. The van der Waals surface area contributed by atoms with Gasteiger partial charge in [0.05, 0.1) is 0 Å². The molecule has 0 aromatic heterocycles. The predicted molar refractivity (Wildman–Crippen MR) is 70.5 cm³/mol. The van der Waals surface area contributed by atoms with Gasteiger partial charge in [0.2, 0.25) is 0 Å². The summed E-state index contributed by atoms with van der Waals surface area (Å²) in [4.78, 5) is 0. The molecule has 0 unspecified atom stereocenters. The molecule has 0 spiro atoms. The van der Waals surface area contributed by atoms with Gasteiger partial charge in [-0.1, -0.05) is 56.0 Å². The van der Waals surface area contributed by atoms with Gasteiger partial charge in [-0.3, -0.25) is 5.21 Å². The van der Waals surface area contributed by atoms with Gasteiger partial charge in [-0.25, -0.2) is 5.84 Å². The summed E-state index contributed by atoms with van der Waals surface area (Å²) in [5.74, 6) is 5.11. The zero-order valence-corrected chi connectivity index (χ0v) is 10.5. The fraction of sp³-hybridized carbons (Fsp3) is 0.571. The van der Waals surface area contributed by atoms with Gasteiger partial charge in [0.15, 0.2) is 0 Å². The molecule has 0 bridgehead atoms. The van der Waals surface area contributed by atoms with Gasteiger partial charge in [0.25, 0.3) is 0 Å². The first kappa shape index (κ1) is 14.2. The lowest BCUT2D eigenvalue weighted by Crippen LogP contribution is -2.27. The summed E-state index contributed by atoms with van der Waals surface area (Å²) < 4.78 is 0. The fourth-order valence-corrected chi connectivity index (χ4v) is 1.95. The number of nitrogens with zero attached hydrogens (tertiary/aromatic N) is 1. The molecule has 0 heterocycles. The van der Waals surface area contributed by atoms with Gasteiger partial charge in [-0.2, -0.15) is 0 Å². The molecule has 1 rings (SSSR count). The number of rotatable bonds is 9. The second kappa shape index (κ2) is 9.16. The van der Waals surface area contributed by atoms with E-state index in [1.807, 2.05) is 0 Å². The van der Waals surface area contributed by atoms with Crippen molar-refractivity contribution in [2.24, 2.45) is 5.84 Å². The number of hydrogen-bond acceptors (Lipinski definition) is 3. The normalized spacial score (nSPS) is 11.0. The second-order valence-corrected chi connectivity index (χ2v) is 4.52. The van der Waals surface area contributed by atoms with E-state index >= 15 is 0 Å². The van der Waals surface area contributed by atoms with Crippen molar-refractivity contribution in [2.75, 3.05) is 6.54 Å². The SMILES string of the molecule is NN(O)CCCCCCCCc1ccccc1. The van der Waals surface area contributed by atoms with Crippen LogP contribution in [0.3, 0.4) is 0 Å². The Labute approximate surface area is 104 Å². The molecule has 0 atom stereocenters. The van der Waals surface area contributed by atoms with Gasteiger partial charge in [0.1, 0.15) is 0 Å². The molecule has 0 aliphatic heterocycles. The molecule has 0 saturated heterocycles. The highest BCUT2D eigenvalue weighted by molar-refractivity contribution is 5.14. The van der Waals surface area contributed by atoms with Gasteiger partial charge in [-0.05, 0) is 24.8 Å². The van der Waals surface area contributed by atoms with E-state index < -0.39 is 0 Å². The first-order chi connectivity index (χ1) is 8.29. The van der Waals surface area contributed by atoms with Crippen LogP contribution in [0.4, 0.5) is 0 Å². The fourth-order valence-electron chi connectivity index (χ4n) is 1.95. The highest BCUT2D eigenvalue weighted by Gasteiger charge is 1.95. The summed E-state index contributed by atoms with van der Waals surface area (Å²) in [7, 11) is 0. The molecule has 0 saturated carbocycles. The van der Waals surface area contributed by atoms with E-state index in [0.29, 0.717) is 6.54 Å². The Bertz CT molecular complexity index is 275. The molecule has 96 valence electrons. The Morgan fingerprint density at radius 3 is 2.12 bits per heavy atom. The number of aryl methyl sites for hydroxylation is 1. The average Bonchev–Trinajstić information content (AvgIpc) is 2.33. The zero-order chi connectivity index (χ0) is 12.3. The third-order valence-corrected chi connectivity index (χ3v) is 2.95. The summed E-state index contributed by atoms with van der Waals surface area (Å²) in [6.45, 7) is 0.573. The molecule has 3 nitrogen and oxygen atoms in total. The minimum Gasteiger partial charge on any atom is -0.299 e. The lowest BCUT2D eigenvalue weighted by atomic mass is 10.1. The van der Waals surface area contributed by atoms with Crippen LogP contribution in [0.5, 0.6) is 0 Å². The average molecular weight is 236 g/mol. The van der Waals surface area contributed by atoms with E-state index in [9.17, 15) is 0 Å². The van der Waals surface area contributed by atoms with Crippen molar-refractivity contribution in [2.45, 2.75) is 44.9 Å². The standard InChI is InChI=1S/C14H24N2O/c15-16(17)13-9-4-2-1-3-6-10-14-11-7-5-8-12-14/h5,7-8,11-12,17H,1-4,6,9-10,13,15H2. The Balaban J connectivity index is 1.88. The third-order valence-electron chi connectivity index (χ3n) is 2.95. The Morgan fingerprint density at radius 1 is 0.882 bits per heavy atom. The highest BCUT2D eigenvalue weighted by Crippen LogP contribution is 2.09. The number of nitrogens with two attached hydrogens (primary N) is 1. The minimum atomic E-state index is 0.573. The summed E-state index contributed by atoms with van der Waals surface area (Å²) in [6, 6.07) is 10.6. The first-order valence-electron chi connectivity index (χ1n) is 6.54. The monoisotopic (exact) mass is 236 g/mol.